The number of amides is 1. The number of hydrogen-bond acceptors (Lipinski definition) is 5. The number of nitrogens with one attached hydrogen (secondary N) is 1. The number of carboxylic acid groups (broad SMARTS) is 1. The highest BCUT2D eigenvalue weighted by Gasteiger charge is 2.33. The Labute approximate surface area is 131 Å². The summed E-state index contributed by atoms with van der Waals surface area (Å²) in [4.78, 5) is 30.3. The second-order valence-electron chi connectivity index (χ2n) is 5.05. The van der Waals surface area contributed by atoms with Crippen LogP contribution in [0.5, 0.6) is 0 Å². The minimum atomic E-state index is -0.912. The number of carboxylic acids is 1. The molecule has 0 spiro atoms. The second-order valence-corrected chi connectivity index (χ2v) is 6.09. The number of benzene rings is 1. The monoisotopic (exact) mass is 317 g/mol. The summed E-state index contributed by atoms with van der Waals surface area (Å²) in [5.74, 6) is -1.78. The molecule has 1 atom stereocenters. The maximum absolute atomic E-state index is 12.6. The molecule has 1 amide bonds. The number of hydrogen-bond donors (Lipinski definition) is 2. The van der Waals surface area contributed by atoms with Crippen molar-refractivity contribution in [2.75, 3.05) is 18.9 Å². The maximum atomic E-state index is 12.6. The van der Waals surface area contributed by atoms with Gasteiger partial charge >= 0.3 is 5.97 Å². The van der Waals surface area contributed by atoms with Gasteiger partial charge in [-0.3, -0.25) is 9.59 Å². The van der Waals surface area contributed by atoms with Gasteiger partial charge in [0.05, 0.1) is 12.1 Å². The molecule has 1 aliphatic heterocycles. The van der Waals surface area contributed by atoms with Crippen LogP contribution in [0.4, 0.5) is 5.13 Å². The highest BCUT2D eigenvalue weighted by molar-refractivity contribution is 7.17. The molecule has 7 heteroatoms. The average Bonchev–Trinajstić information content (AvgIpc) is 3.02. The number of fused-ring (bicyclic) bond motifs is 1. The van der Waals surface area contributed by atoms with Gasteiger partial charge in [0.15, 0.2) is 5.13 Å². The second kappa shape index (κ2) is 5.76. The Bertz CT molecular complexity index is 728. The molecule has 0 saturated carbocycles. The topological polar surface area (TPSA) is 82.5 Å². The Morgan fingerprint density at radius 2 is 2.18 bits per heavy atom. The summed E-state index contributed by atoms with van der Waals surface area (Å²) in [6.45, 7) is 0.601. The van der Waals surface area contributed by atoms with Crippen LogP contribution in [-0.4, -0.2) is 40.5 Å². The van der Waals surface area contributed by atoms with Crippen LogP contribution in [-0.2, 0) is 11.3 Å². The maximum Gasteiger partial charge on any atom is 0.312 e. The predicted octanol–water partition coefficient (Wildman–Crippen LogP) is 2.01. The van der Waals surface area contributed by atoms with Gasteiger partial charge in [-0.05, 0) is 11.1 Å². The van der Waals surface area contributed by atoms with Crippen LogP contribution in [0.2, 0.25) is 0 Å². The summed E-state index contributed by atoms with van der Waals surface area (Å²) in [5, 5.41) is 13.0. The van der Waals surface area contributed by atoms with E-state index >= 15 is 0 Å². The largest absolute Gasteiger partial charge is 0.481 e. The summed E-state index contributed by atoms with van der Waals surface area (Å²) in [5.41, 5.74) is 1.67. The standard InChI is InChI=1S/C15H15N3O3S/c1-16-15-17-6-12(22-15)13(19)18-7-9-4-2-3-5-10(9)11(8-18)14(20)21/h2-6,11H,7-8H2,1H3,(H,16,17)(H,20,21). The van der Waals surface area contributed by atoms with E-state index in [1.807, 2.05) is 24.3 Å². The lowest BCUT2D eigenvalue weighted by atomic mass is 9.90. The molecule has 1 aromatic carbocycles. The van der Waals surface area contributed by atoms with Gasteiger partial charge < -0.3 is 15.3 Å². The van der Waals surface area contributed by atoms with Crippen molar-refractivity contribution in [2.24, 2.45) is 0 Å². The zero-order valence-electron chi connectivity index (χ0n) is 11.9. The normalized spacial score (nSPS) is 17.0. The summed E-state index contributed by atoms with van der Waals surface area (Å²) in [7, 11) is 1.74. The van der Waals surface area contributed by atoms with E-state index in [-0.39, 0.29) is 12.5 Å². The van der Waals surface area contributed by atoms with Crippen molar-refractivity contribution >= 4 is 28.3 Å². The third kappa shape index (κ3) is 2.55. The molecule has 0 bridgehead atoms. The van der Waals surface area contributed by atoms with Crippen LogP contribution >= 0.6 is 11.3 Å². The minimum absolute atomic E-state index is 0.179. The Balaban J connectivity index is 1.90. The lowest BCUT2D eigenvalue weighted by molar-refractivity contribution is -0.139. The summed E-state index contributed by atoms with van der Waals surface area (Å²) < 4.78 is 0. The number of thiazole rings is 1. The van der Waals surface area contributed by atoms with E-state index in [1.165, 1.54) is 17.5 Å². The molecule has 1 aromatic heterocycles. The fourth-order valence-corrected chi connectivity index (χ4v) is 3.35. The van der Waals surface area contributed by atoms with Gasteiger partial charge in [-0.2, -0.15) is 0 Å². The summed E-state index contributed by atoms with van der Waals surface area (Å²) in [6.07, 6.45) is 1.52. The molecule has 3 rings (SSSR count). The first kappa shape index (κ1) is 14.5. The SMILES string of the molecule is CNc1ncc(C(=O)N2Cc3ccccc3C(C(=O)O)C2)s1. The first-order valence-corrected chi connectivity index (χ1v) is 7.65. The van der Waals surface area contributed by atoms with Crippen molar-refractivity contribution in [1.82, 2.24) is 9.88 Å². The van der Waals surface area contributed by atoms with Gasteiger partial charge in [0.1, 0.15) is 4.88 Å². The predicted molar refractivity (Wildman–Crippen MR) is 83.2 cm³/mol. The lowest BCUT2D eigenvalue weighted by Crippen LogP contribution is -2.40. The average molecular weight is 317 g/mol. The Kier molecular flexibility index (Phi) is 3.81. The van der Waals surface area contributed by atoms with Crippen LogP contribution in [0, 0.1) is 0 Å². The molecule has 0 fully saturated rings. The van der Waals surface area contributed by atoms with Crippen molar-refractivity contribution in [3.63, 3.8) is 0 Å². The fraction of sp³-hybridized carbons (Fsp3) is 0.267. The highest BCUT2D eigenvalue weighted by atomic mass is 32.1. The molecule has 0 radical (unpaired) electrons. The molecule has 2 aromatic rings. The van der Waals surface area contributed by atoms with Crippen molar-refractivity contribution in [3.05, 3.63) is 46.5 Å². The zero-order valence-corrected chi connectivity index (χ0v) is 12.8. The third-order valence-corrected chi connectivity index (χ3v) is 4.71. The van der Waals surface area contributed by atoms with E-state index in [0.717, 1.165) is 11.1 Å². The van der Waals surface area contributed by atoms with Crippen molar-refractivity contribution in [2.45, 2.75) is 12.5 Å². The molecule has 0 saturated heterocycles. The summed E-state index contributed by atoms with van der Waals surface area (Å²) in [6, 6.07) is 7.38. The zero-order chi connectivity index (χ0) is 15.7. The van der Waals surface area contributed by atoms with Crippen molar-refractivity contribution in [3.8, 4) is 0 Å². The number of aromatic nitrogens is 1. The number of anilines is 1. The van der Waals surface area contributed by atoms with Crippen molar-refractivity contribution in [1.29, 1.82) is 0 Å². The minimum Gasteiger partial charge on any atom is -0.481 e. The smallest absolute Gasteiger partial charge is 0.312 e. The van der Waals surface area contributed by atoms with E-state index in [9.17, 15) is 14.7 Å². The molecule has 6 nitrogen and oxygen atoms in total. The quantitative estimate of drug-likeness (QED) is 0.905. The van der Waals surface area contributed by atoms with Gasteiger partial charge in [-0.15, -0.1) is 0 Å². The van der Waals surface area contributed by atoms with Crippen LogP contribution in [0.3, 0.4) is 0 Å². The number of rotatable bonds is 3. The number of aliphatic carboxylic acids is 1. The first-order chi connectivity index (χ1) is 10.6. The number of carbonyl (C=O) groups excluding carboxylic acids is 1. The fourth-order valence-electron chi connectivity index (χ4n) is 2.62. The molecule has 2 N–H and O–H groups in total. The molecule has 1 unspecified atom stereocenters. The third-order valence-electron chi connectivity index (χ3n) is 3.71. The van der Waals surface area contributed by atoms with E-state index in [2.05, 4.69) is 10.3 Å². The molecular weight excluding hydrogens is 302 g/mol. The summed E-state index contributed by atoms with van der Waals surface area (Å²) >= 11 is 1.26. The molecule has 22 heavy (non-hydrogen) atoms. The van der Waals surface area contributed by atoms with Gasteiger partial charge in [0, 0.05) is 20.1 Å². The van der Waals surface area contributed by atoms with Crippen LogP contribution in [0.25, 0.3) is 0 Å². The first-order valence-electron chi connectivity index (χ1n) is 6.83. The Morgan fingerprint density at radius 3 is 2.86 bits per heavy atom. The molecular formula is C15H15N3O3S. The molecule has 1 aliphatic rings. The van der Waals surface area contributed by atoms with E-state index in [4.69, 9.17) is 0 Å². The Morgan fingerprint density at radius 1 is 1.41 bits per heavy atom. The highest BCUT2D eigenvalue weighted by Crippen LogP contribution is 2.30. The van der Waals surface area contributed by atoms with Crippen molar-refractivity contribution < 1.29 is 14.7 Å². The molecule has 0 aliphatic carbocycles. The van der Waals surface area contributed by atoms with Gasteiger partial charge in [-0.25, -0.2) is 4.98 Å². The Hall–Kier alpha value is -2.41. The lowest BCUT2D eigenvalue weighted by Gasteiger charge is -2.32. The number of nitrogens with zero attached hydrogens (tertiary/aromatic N) is 2. The number of carbonyl (C=O) groups is 2. The van der Waals surface area contributed by atoms with E-state index < -0.39 is 11.9 Å². The van der Waals surface area contributed by atoms with Gasteiger partial charge in [0.25, 0.3) is 5.91 Å². The van der Waals surface area contributed by atoms with Gasteiger partial charge in [0.2, 0.25) is 0 Å². The van der Waals surface area contributed by atoms with Gasteiger partial charge in [-0.1, -0.05) is 35.6 Å². The van der Waals surface area contributed by atoms with Crippen LogP contribution in [0.1, 0.15) is 26.7 Å². The van der Waals surface area contributed by atoms with E-state index in [0.29, 0.717) is 16.6 Å². The van der Waals surface area contributed by atoms with E-state index in [1.54, 1.807) is 11.9 Å². The molecule has 2 heterocycles. The van der Waals surface area contributed by atoms with Crippen LogP contribution in [0.15, 0.2) is 30.5 Å². The molecule has 114 valence electrons. The van der Waals surface area contributed by atoms with Crippen LogP contribution < -0.4 is 5.32 Å².